The summed E-state index contributed by atoms with van der Waals surface area (Å²) in [6, 6.07) is 0. The lowest BCUT2D eigenvalue weighted by atomic mass is 10.1. The minimum absolute atomic E-state index is 0.0232. The van der Waals surface area contributed by atoms with Crippen molar-refractivity contribution in [3.63, 3.8) is 0 Å². The van der Waals surface area contributed by atoms with Gasteiger partial charge in [-0.2, -0.15) is 0 Å². The van der Waals surface area contributed by atoms with Gasteiger partial charge in [-0.25, -0.2) is 0 Å². The van der Waals surface area contributed by atoms with Crippen LogP contribution >= 0.6 is 0 Å². The molecule has 0 aliphatic carbocycles. The van der Waals surface area contributed by atoms with Gasteiger partial charge < -0.3 is 9.47 Å². The summed E-state index contributed by atoms with van der Waals surface area (Å²) in [5.74, 6) is -0.0232. The van der Waals surface area contributed by atoms with Crippen LogP contribution in [0.3, 0.4) is 0 Å². The molecule has 0 aliphatic rings. The monoisotopic (exact) mass is 177 g/mol. The van der Waals surface area contributed by atoms with Crippen LogP contribution < -0.4 is 0 Å². The van der Waals surface area contributed by atoms with E-state index < -0.39 is 0 Å². The molecule has 0 fully saturated rings. The topological polar surface area (TPSA) is 61.6 Å². The highest BCUT2D eigenvalue weighted by Gasteiger charge is 2.15. The summed E-state index contributed by atoms with van der Waals surface area (Å²) in [6.07, 6.45) is 0.216. The summed E-state index contributed by atoms with van der Waals surface area (Å²) in [4.78, 5) is 9.77. The third kappa shape index (κ3) is 5.03. The fourth-order valence-electron chi connectivity index (χ4n) is 0.946. The molecule has 0 radical (unpaired) electrons. The van der Waals surface area contributed by atoms with Crippen LogP contribution in [0.1, 0.15) is 13.3 Å². The third-order valence-corrected chi connectivity index (χ3v) is 1.58. The normalized spacial score (nSPS) is 13.3. The Kier molecular flexibility index (Phi) is 5.57. The molecule has 5 heteroatoms. The van der Waals surface area contributed by atoms with E-state index in [2.05, 4.69) is 0 Å². The average molecular weight is 177 g/mol. The summed E-state index contributed by atoms with van der Waals surface area (Å²) >= 11 is 0. The van der Waals surface area contributed by atoms with Crippen molar-refractivity contribution in [1.29, 1.82) is 0 Å². The number of rotatable bonds is 6. The van der Waals surface area contributed by atoms with Gasteiger partial charge in [-0.1, -0.05) is 6.92 Å². The van der Waals surface area contributed by atoms with Gasteiger partial charge in [0.1, 0.15) is 0 Å². The maximum atomic E-state index is 10.1. The van der Waals surface area contributed by atoms with Gasteiger partial charge in [0.05, 0.1) is 0 Å². The van der Waals surface area contributed by atoms with Gasteiger partial charge >= 0.3 is 0 Å². The molecule has 5 nitrogen and oxygen atoms in total. The fraction of sp³-hybridized carbons (Fsp3) is 1.00. The minimum Gasteiger partial charge on any atom is -0.356 e. The second-order valence-corrected chi connectivity index (χ2v) is 2.76. The molecule has 0 aromatic carbocycles. The Morgan fingerprint density at radius 3 is 2.25 bits per heavy atom. The van der Waals surface area contributed by atoms with E-state index in [1.165, 1.54) is 14.2 Å². The summed E-state index contributed by atoms with van der Waals surface area (Å²) in [5, 5.41) is 10.1. The van der Waals surface area contributed by atoms with Crippen molar-refractivity contribution in [3.05, 3.63) is 10.1 Å². The molecule has 0 amide bonds. The van der Waals surface area contributed by atoms with Gasteiger partial charge in [0.2, 0.25) is 6.54 Å². The average Bonchev–Trinajstić information content (AvgIpc) is 1.98. The van der Waals surface area contributed by atoms with Crippen LogP contribution in [0.15, 0.2) is 0 Å². The van der Waals surface area contributed by atoms with E-state index in [0.29, 0.717) is 6.42 Å². The molecule has 0 spiro atoms. The van der Waals surface area contributed by atoms with Crippen molar-refractivity contribution in [3.8, 4) is 0 Å². The lowest BCUT2D eigenvalue weighted by Gasteiger charge is -2.15. The molecule has 72 valence electrons. The zero-order chi connectivity index (χ0) is 9.56. The van der Waals surface area contributed by atoms with Crippen LogP contribution in [-0.4, -0.2) is 32.0 Å². The third-order valence-electron chi connectivity index (χ3n) is 1.58. The highest BCUT2D eigenvalue weighted by molar-refractivity contribution is 4.53. The first kappa shape index (κ1) is 11.3. The molecule has 0 heterocycles. The van der Waals surface area contributed by atoms with E-state index in [-0.39, 0.29) is 23.7 Å². The number of hydrogen-bond acceptors (Lipinski definition) is 4. The molecule has 0 saturated carbocycles. The lowest BCUT2D eigenvalue weighted by Crippen LogP contribution is -2.21. The van der Waals surface area contributed by atoms with Gasteiger partial charge in [0, 0.05) is 31.5 Å². The summed E-state index contributed by atoms with van der Waals surface area (Å²) in [7, 11) is 3.04. The maximum Gasteiger partial charge on any atom is 0.206 e. The van der Waals surface area contributed by atoms with E-state index in [4.69, 9.17) is 9.47 Å². The standard InChI is InChI=1S/C7H15NO4/c1-6(5-8(9)10)4-7(11-2)12-3/h6-7H,4-5H2,1-3H3/t6-/m0/s1. The molecule has 0 rings (SSSR count). The Morgan fingerprint density at radius 1 is 1.42 bits per heavy atom. The van der Waals surface area contributed by atoms with E-state index in [1.807, 2.05) is 0 Å². The van der Waals surface area contributed by atoms with Crippen molar-refractivity contribution in [1.82, 2.24) is 0 Å². The maximum absolute atomic E-state index is 10.1. The number of hydrogen-bond donors (Lipinski definition) is 0. The van der Waals surface area contributed by atoms with E-state index in [1.54, 1.807) is 6.92 Å². The highest BCUT2D eigenvalue weighted by atomic mass is 16.7. The molecule has 0 aliphatic heterocycles. The zero-order valence-corrected chi connectivity index (χ0v) is 7.65. The molecule has 0 aromatic heterocycles. The van der Waals surface area contributed by atoms with Crippen LogP contribution in [-0.2, 0) is 9.47 Å². The van der Waals surface area contributed by atoms with Crippen molar-refractivity contribution in [2.45, 2.75) is 19.6 Å². The van der Waals surface area contributed by atoms with E-state index in [0.717, 1.165) is 0 Å². The first-order chi connectivity index (χ1) is 5.60. The molecule has 0 N–H and O–H groups in total. The summed E-state index contributed by atoms with van der Waals surface area (Å²) in [5.41, 5.74) is 0. The van der Waals surface area contributed by atoms with Crippen LogP contribution in [0.25, 0.3) is 0 Å². The Bertz CT molecular complexity index is 135. The van der Waals surface area contributed by atoms with Gasteiger partial charge in [0.25, 0.3) is 0 Å². The second-order valence-electron chi connectivity index (χ2n) is 2.76. The van der Waals surface area contributed by atoms with Gasteiger partial charge in [-0.3, -0.25) is 10.1 Å². The molecular weight excluding hydrogens is 162 g/mol. The first-order valence-electron chi connectivity index (χ1n) is 3.77. The largest absolute Gasteiger partial charge is 0.356 e. The number of nitrogens with zero attached hydrogens (tertiary/aromatic N) is 1. The predicted molar refractivity (Wildman–Crippen MR) is 43.4 cm³/mol. The lowest BCUT2D eigenvalue weighted by molar-refractivity contribution is -0.488. The molecule has 12 heavy (non-hydrogen) atoms. The van der Waals surface area contributed by atoms with Gasteiger partial charge in [-0.05, 0) is 0 Å². The van der Waals surface area contributed by atoms with Crippen LogP contribution in [0.4, 0.5) is 0 Å². The predicted octanol–water partition coefficient (Wildman–Crippen LogP) is 0.908. The van der Waals surface area contributed by atoms with E-state index in [9.17, 15) is 10.1 Å². The quantitative estimate of drug-likeness (QED) is 0.343. The highest BCUT2D eigenvalue weighted by Crippen LogP contribution is 2.08. The van der Waals surface area contributed by atoms with Crippen LogP contribution in [0, 0.1) is 16.0 Å². The fourth-order valence-corrected chi connectivity index (χ4v) is 0.946. The summed E-state index contributed by atoms with van der Waals surface area (Å²) in [6.45, 7) is 1.76. The van der Waals surface area contributed by atoms with Gasteiger partial charge in [0.15, 0.2) is 6.29 Å². The van der Waals surface area contributed by atoms with Crippen molar-refractivity contribution >= 4 is 0 Å². The molecular formula is C7H15NO4. The molecule has 0 saturated heterocycles. The van der Waals surface area contributed by atoms with Crippen molar-refractivity contribution in [2.24, 2.45) is 5.92 Å². The minimum atomic E-state index is -0.333. The van der Waals surface area contributed by atoms with Crippen LogP contribution in [0.2, 0.25) is 0 Å². The second kappa shape index (κ2) is 5.91. The summed E-state index contributed by atoms with van der Waals surface area (Å²) < 4.78 is 9.81. The Balaban J connectivity index is 3.65. The Hall–Kier alpha value is -0.680. The number of nitro groups is 1. The zero-order valence-electron chi connectivity index (χ0n) is 7.65. The number of methoxy groups -OCH3 is 2. The molecule has 0 unspecified atom stereocenters. The van der Waals surface area contributed by atoms with Crippen molar-refractivity contribution < 1.29 is 14.4 Å². The Labute approximate surface area is 71.8 Å². The molecule has 0 bridgehead atoms. The van der Waals surface area contributed by atoms with E-state index >= 15 is 0 Å². The van der Waals surface area contributed by atoms with Gasteiger partial charge in [-0.15, -0.1) is 0 Å². The van der Waals surface area contributed by atoms with Crippen molar-refractivity contribution in [2.75, 3.05) is 20.8 Å². The van der Waals surface area contributed by atoms with Crippen LogP contribution in [0.5, 0.6) is 0 Å². The SMILES string of the molecule is COC(C[C@H](C)C[N+](=O)[O-])OC. The first-order valence-corrected chi connectivity index (χ1v) is 3.77. The Morgan fingerprint density at radius 2 is 1.92 bits per heavy atom. The molecule has 0 aromatic rings. The molecule has 1 atom stereocenters. The number of ether oxygens (including phenoxy) is 2. The smallest absolute Gasteiger partial charge is 0.206 e.